The van der Waals surface area contributed by atoms with Gasteiger partial charge in [-0.15, -0.1) is 0 Å². The lowest BCUT2D eigenvalue weighted by Gasteiger charge is -2.13. The summed E-state index contributed by atoms with van der Waals surface area (Å²) in [4.78, 5) is 15.4. The van der Waals surface area contributed by atoms with Gasteiger partial charge in [0.2, 0.25) is 5.88 Å². The molecule has 1 aliphatic heterocycles. The van der Waals surface area contributed by atoms with Gasteiger partial charge in [-0.2, -0.15) is 0 Å². The lowest BCUT2D eigenvalue weighted by atomic mass is 10.1. The highest BCUT2D eigenvalue weighted by Crippen LogP contribution is 2.33. The number of rotatable bonds is 5. The van der Waals surface area contributed by atoms with E-state index >= 15 is 4.39 Å². The molecular weight excluding hydrogens is 454 g/mol. The van der Waals surface area contributed by atoms with Crippen LogP contribution in [0.1, 0.15) is 5.69 Å². The van der Waals surface area contributed by atoms with Crippen LogP contribution in [0.3, 0.4) is 0 Å². The fraction of sp³-hybridized carbons (Fsp3) is 0.111. The third-order valence-electron chi connectivity index (χ3n) is 4.29. The van der Waals surface area contributed by atoms with Crippen molar-refractivity contribution in [2.24, 2.45) is 10.7 Å². The first-order valence-electron chi connectivity index (χ1n) is 8.59. The predicted molar refractivity (Wildman–Crippen MR) is 109 cm³/mol. The van der Waals surface area contributed by atoms with Crippen LogP contribution >= 0.6 is 11.6 Å². The van der Waals surface area contributed by atoms with Crippen molar-refractivity contribution in [3.63, 3.8) is 0 Å². The molecule has 0 radical (unpaired) electrons. The van der Waals surface area contributed by atoms with Gasteiger partial charge in [0.15, 0.2) is 16.5 Å². The van der Waals surface area contributed by atoms with Gasteiger partial charge >= 0.3 is 0 Å². The van der Waals surface area contributed by atoms with Crippen molar-refractivity contribution in [2.75, 3.05) is 11.8 Å². The van der Waals surface area contributed by atoms with E-state index in [1.54, 1.807) is 0 Å². The Morgan fingerprint density at radius 3 is 2.74 bits per heavy atom. The molecule has 160 valence electrons. The van der Waals surface area contributed by atoms with Gasteiger partial charge in [0, 0.05) is 12.6 Å². The van der Waals surface area contributed by atoms with Gasteiger partial charge < -0.3 is 10.5 Å². The molecule has 3 aromatic rings. The van der Waals surface area contributed by atoms with Gasteiger partial charge in [-0.25, -0.2) is 37.1 Å². The summed E-state index contributed by atoms with van der Waals surface area (Å²) in [6.45, 7) is 0. The quantitative estimate of drug-likeness (QED) is 0.590. The summed E-state index contributed by atoms with van der Waals surface area (Å²) in [6, 6.07) is 2.92. The third-order valence-corrected chi connectivity index (χ3v) is 5.85. The Kier molecular flexibility index (Phi) is 5.19. The zero-order valence-electron chi connectivity index (χ0n) is 15.7. The minimum Gasteiger partial charge on any atom is -0.480 e. The SMILES string of the molecule is COc1ncc(Cl)cc1S(=O)(=O)Nc1ccc(F)c(-c2ncc3c(n2)CC(N)=N3)c1F. The fourth-order valence-corrected chi connectivity index (χ4v) is 4.34. The number of benzene rings is 1. The Balaban J connectivity index is 1.76. The number of aliphatic imine (C=N–C) groups is 1. The summed E-state index contributed by atoms with van der Waals surface area (Å²) in [6.07, 6.45) is 2.69. The second kappa shape index (κ2) is 7.71. The van der Waals surface area contributed by atoms with Crippen molar-refractivity contribution >= 4 is 38.8 Å². The Morgan fingerprint density at radius 2 is 2.00 bits per heavy atom. The number of hydrogen-bond donors (Lipinski definition) is 2. The lowest BCUT2D eigenvalue weighted by Crippen LogP contribution is -2.16. The van der Waals surface area contributed by atoms with Gasteiger partial charge in [0.1, 0.15) is 17.3 Å². The van der Waals surface area contributed by atoms with E-state index in [9.17, 15) is 12.8 Å². The van der Waals surface area contributed by atoms with Crippen molar-refractivity contribution in [1.82, 2.24) is 15.0 Å². The average Bonchev–Trinajstić information content (AvgIpc) is 3.09. The highest BCUT2D eigenvalue weighted by molar-refractivity contribution is 7.92. The molecule has 0 fully saturated rings. The van der Waals surface area contributed by atoms with Crippen LogP contribution in [0.15, 0.2) is 40.5 Å². The standard InChI is InChI=1S/C18H13ClF2N6O3S/c1-30-18-13(4-8(19)6-24-18)31(28,29)27-10-3-2-9(20)15(16(10)21)17-23-7-12-11(26-17)5-14(22)25-12/h2-4,6-7,27H,5H2,1H3,(H2,22,25). The maximum absolute atomic E-state index is 15.2. The van der Waals surface area contributed by atoms with Crippen LogP contribution in [0, 0.1) is 11.6 Å². The van der Waals surface area contributed by atoms with E-state index in [1.165, 1.54) is 19.5 Å². The molecule has 0 bridgehead atoms. The van der Waals surface area contributed by atoms with Crippen LogP contribution in [0.25, 0.3) is 11.4 Å². The Morgan fingerprint density at radius 1 is 1.23 bits per heavy atom. The van der Waals surface area contributed by atoms with Crippen LogP contribution < -0.4 is 15.2 Å². The molecule has 2 aromatic heterocycles. The first-order valence-corrected chi connectivity index (χ1v) is 10.5. The molecule has 0 unspecified atom stereocenters. The number of amidine groups is 1. The Hall–Kier alpha value is -3.38. The minimum atomic E-state index is -4.39. The number of hydrogen-bond acceptors (Lipinski definition) is 8. The molecule has 3 N–H and O–H groups in total. The summed E-state index contributed by atoms with van der Waals surface area (Å²) in [5, 5.41) is 0.0227. The van der Waals surface area contributed by atoms with E-state index in [0.717, 1.165) is 18.2 Å². The van der Waals surface area contributed by atoms with Crippen molar-refractivity contribution in [3.05, 3.63) is 52.9 Å². The molecule has 0 saturated carbocycles. The van der Waals surface area contributed by atoms with Gasteiger partial charge in [0.05, 0.1) is 35.3 Å². The third kappa shape index (κ3) is 3.86. The second-order valence-corrected chi connectivity index (χ2v) is 8.44. The van der Waals surface area contributed by atoms with E-state index in [0.29, 0.717) is 17.2 Å². The maximum Gasteiger partial charge on any atom is 0.267 e. The number of nitrogens with one attached hydrogen (secondary N) is 1. The number of halogens is 3. The molecule has 0 spiro atoms. The number of methoxy groups -OCH3 is 1. The molecule has 3 heterocycles. The summed E-state index contributed by atoms with van der Waals surface area (Å²) in [7, 11) is -3.17. The molecule has 0 amide bonds. The molecule has 9 nitrogen and oxygen atoms in total. The van der Waals surface area contributed by atoms with Crippen LogP contribution in [0.4, 0.5) is 20.2 Å². The largest absolute Gasteiger partial charge is 0.480 e. The average molecular weight is 467 g/mol. The molecule has 31 heavy (non-hydrogen) atoms. The van der Waals surface area contributed by atoms with E-state index in [-0.39, 0.29) is 23.1 Å². The molecule has 1 aromatic carbocycles. The smallest absolute Gasteiger partial charge is 0.267 e. The minimum absolute atomic E-state index is 0.0227. The van der Waals surface area contributed by atoms with Crippen LogP contribution in [0.5, 0.6) is 5.88 Å². The van der Waals surface area contributed by atoms with Gasteiger partial charge in [-0.3, -0.25) is 4.72 Å². The maximum atomic E-state index is 15.2. The molecule has 0 aliphatic carbocycles. The number of nitrogens with zero attached hydrogens (tertiary/aromatic N) is 4. The molecule has 0 saturated heterocycles. The highest BCUT2D eigenvalue weighted by Gasteiger charge is 2.26. The zero-order chi connectivity index (χ0) is 22.3. The molecule has 1 aliphatic rings. The highest BCUT2D eigenvalue weighted by atomic mass is 35.5. The molecule has 4 rings (SSSR count). The van der Waals surface area contributed by atoms with E-state index in [1.807, 2.05) is 0 Å². The van der Waals surface area contributed by atoms with Crippen molar-refractivity contribution < 1.29 is 21.9 Å². The molecule has 0 atom stereocenters. The lowest BCUT2D eigenvalue weighted by molar-refractivity contribution is 0.385. The second-order valence-electron chi connectivity index (χ2n) is 6.36. The predicted octanol–water partition coefficient (Wildman–Crippen LogP) is 2.82. The molecule has 13 heteroatoms. The summed E-state index contributed by atoms with van der Waals surface area (Å²) < 4.78 is 62.2. The summed E-state index contributed by atoms with van der Waals surface area (Å²) >= 11 is 5.83. The fourth-order valence-electron chi connectivity index (χ4n) is 2.91. The Labute approximate surface area is 180 Å². The van der Waals surface area contributed by atoms with Crippen molar-refractivity contribution in [3.8, 4) is 17.3 Å². The number of sulfonamides is 1. The molecular formula is C18H13ClF2N6O3S. The van der Waals surface area contributed by atoms with E-state index in [2.05, 4.69) is 24.7 Å². The first-order chi connectivity index (χ1) is 14.7. The normalized spacial score (nSPS) is 13.0. The number of pyridine rings is 1. The van der Waals surface area contributed by atoms with Crippen LogP contribution in [-0.4, -0.2) is 36.3 Å². The van der Waals surface area contributed by atoms with E-state index in [4.69, 9.17) is 22.1 Å². The number of ether oxygens (including phenoxy) is 1. The summed E-state index contributed by atoms with van der Waals surface area (Å²) in [5.74, 6) is -2.41. The monoisotopic (exact) mass is 466 g/mol. The van der Waals surface area contributed by atoms with Gasteiger partial charge in [-0.1, -0.05) is 11.6 Å². The number of aromatic nitrogens is 3. The summed E-state index contributed by atoms with van der Waals surface area (Å²) in [5.41, 5.74) is 5.32. The van der Waals surface area contributed by atoms with Gasteiger partial charge in [0.25, 0.3) is 10.0 Å². The Bertz CT molecular complexity index is 1350. The van der Waals surface area contributed by atoms with Crippen molar-refractivity contribution in [2.45, 2.75) is 11.3 Å². The first kappa shape index (κ1) is 20.9. The zero-order valence-corrected chi connectivity index (χ0v) is 17.3. The van der Waals surface area contributed by atoms with E-state index < -0.39 is 37.8 Å². The van der Waals surface area contributed by atoms with Gasteiger partial charge in [-0.05, 0) is 18.2 Å². The number of anilines is 1. The van der Waals surface area contributed by atoms with Crippen LogP contribution in [0.2, 0.25) is 5.02 Å². The van der Waals surface area contributed by atoms with Crippen LogP contribution in [-0.2, 0) is 16.4 Å². The van der Waals surface area contributed by atoms with Crippen molar-refractivity contribution in [1.29, 1.82) is 0 Å². The number of fused-ring (bicyclic) bond motifs is 1. The topological polar surface area (TPSA) is 132 Å². The number of nitrogens with two attached hydrogens (primary N) is 1.